The van der Waals surface area contributed by atoms with Gasteiger partial charge in [-0.25, -0.2) is 0 Å². The Morgan fingerprint density at radius 2 is 1.07 bits per heavy atom. The van der Waals surface area contributed by atoms with Crippen LogP contribution in [0.2, 0.25) is 39.3 Å². The summed E-state index contributed by atoms with van der Waals surface area (Å²) in [7, 11) is -4.01. The molecule has 0 aromatic heterocycles. The lowest BCUT2D eigenvalue weighted by Gasteiger charge is -2.43. The molecule has 2 saturated heterocycles. The van der Waals surface area contributed by atoms with Crippen molar-refractivity contribution in [3.05, 3.63) is 24.3 Å². The standard InChI is InChI=1S/C20H30O6Si2/c1-27(2,3)25-17(15-11-7-9-13(11)19(21)23-15)18(26-28(4,5)6)16-12-8-10-14(12)20(22)24-16/h7-18H,1-6H3/t11-,12-,13+,14+,15+,16+,17-,18-/m1/s1. The van der Waals surface area contributed by atoms with E-state index in [0.717, 1.165) is 0 Å². The summed E-state index contributed by atoms with van der Waals surface area (Å²) in [5.41, 5.74) is 0. The Balaban J connectivity index is 1.69. The van der Waals surface area contributed by atoms with Crippen LogP contribution in [0.3, 0.4) is 0 Å². The van der Waals surface area contributed by atoms with E-state index in [1.807, 2.05) is 24.3 Å². The van der Waals surface area contributed by atoms with Gasteiger partial charge in [0, 0.05) is 11.8 Å². The molecule has 4 rings (SSSR count). The predicted octanol–water partition coefficient (Wildman–Crippen LogP) is 2.88. The lowest BCUT2D eigenvalue weighted by molar-refractivity contribution is -0.159. The van der Waals surface area contributed by atoms with Crippen molar-refractivity contribution in [2.45, 2.75) is 63.7 Å². The van der Waals surface area contributed by atoms with Gasteiger partial charge in [-0.15, -0.1) is 0 Å². The first-order valence-electron chi connectivity index (χ1n) is 10.1. The minimum absolute atomic E-state index is 0.00594. The highest BCUT2D eigenvalue weighted by molar-refractivity contribution is 6.70. The van der Waals surface area contributed by atoms with Crippen molar-refractivity contribution in [3.63, 3.8) is 0 Å². The summed E-state index contributed by atoms with van der Waals surface area (Å²) >= 11 is 0. The molecule has 0 radical (unpaired) electrons. The largest absolute Gasteiger partial charge is 0.458 e. The van der Waals surface area contributed by atoms with Crippen molar-refractivity contribution < 1.29 is 27.9 Å². The van der Waals surface area contributed by atoms with Crippen LogP contribution in [0.15, 0.2) is 24.3 Å². The molecule has 0 unspecified atom stereocenters. The zero-order valence-corrected chi connectivity index (χ0v) is 19.4. The molecule has 0 N–H and O–H groups in total. The number of carbonyl (C=O) groups excluding carboxylic acids is 2. The first-order chi connectivity index (χ1) is 12.9. The van der Waals surface area contributed by atoms with E-state index in [0.29, 0.717) is 0 Å². The summed E-state index contributed by atoms with van der Waals surface area (Å²) in [4.78, 5) is 24.6. The molecule has 0 saturated carbocycles. The Hall–Kier alpha value is -1.23. The Bertz CT molecular complexity index is 672. The van der Waals surface area contributed by atoms with Crippen LogP contribution in [-0.4, -0.2) is 53.0 Å². The Labute approximate surface area is 168 Å². The van der Waals surface area contributed by atoms with Gasteiger partial charge in [0.2, 0.25) is 0 Å². The van der Waals surface area contributed by atoms with E-state index >= 15 is 0 Å². The number of fused-ring (bicyclic) bond motifs is 2. The number of rotatable bonds is 7. The zero-order chi connectivity index (χ0) is 20.4. The summed E-state index contributed by atoms with van der Waals surface area (Å²) < 4.78 is 24.8. The van der Waals surface area contributed by atoms with Crippen LogP contribution >= 0.6 is 0 Å². The van der Waals surface area contributed by atoms with Crippen LogP contribution in [-0.2, 0) is 27.9 Å². The number of esters is 2. The van der Waals surface area contributed by atoms with E-state index in [1.54, 1.807) is 0 Å². The van der Waals surface area contributed by atoms with Gasteiger partial charge in [0.05, 0.1) is 11.8 Å². The number of cyclic esters (lactones) is 2. The molecule has 2 aliphatic heterocycles. The van der Waals surface area contributed by atoms with Gasteiger partial charge in [0.1, 0.15) is 24.4 Å². The first kappa shape index (κ1) is 20.1. The second-order valence-corrected chi connectivity index (χ2v) is 19.1. The third kappa shape index (κ3) is 3.55. The molecule has 8 atom stereocenters. The van der Waals surface area contributed by atoms with Crippen LogP contribution in [0.5, 0.6) is 0 Å². The molecule has 6 nitrogen and oxygen atoms in total. The summed E-state index contributed by atoms with van der Waals surface area (Å²) in [5, 5.41) is 0. The minimum atomic E-state index is -2.00. The maximum absolute atomic E-state index is 12.3. The lowest BCUT2D eigenvalue weighted by atomic mass is 9.75. The maximum Gasteiger partial charge on any atom is 0.313 e. The van der Waals surface area contributed by atoms with Crippen molar-refractivity contribution >= 4 is 28.6 Å². The fraction of sp³-hybridized carbons (Fsp3) is 0.700. The van der Waals surface area contributed by atoms with Gasteiger partial charge in [-0.05, 0) is 39.3 Å². The number of carbonyl (C=O) groups is 2. The fourth-order valence-electron chi connectivity index (χ4n) is 4.41. The maximum atomic E-state index is 12.3. The van der Waals surface area contributed by atoms with Crippen molar-refractivity contribution in [2.75, 3.05) is 0 Å². The quantitative estimate of drug-likeness (QED) is 0.357. The first-order valence-corrected chi connectivity index (χ1v) is 16.9. The molecular formula is C20H30O6Si2. The second-order valence-electron chi connectivity index (χ2n) is 10.2. The minimum Gasteiger partial charge on any atom is -0.458 e. The summed E-state index contributed by atoms with van der Waals surface area (Å²) in [6, 6.07) is 0. The zero-order valence-electron chi connectivity index (χ0n) is 17.4. The van der Waals surface area contributed by atoms with Crippen LogP contribution < -0.4 is 0 Å². The molecule has 0 aromatic carbocycles. The topological polar surface area (TPSA) is 71.1 Å². The highest BCUT2D eigenvalue weighted by Crippen LogP contribution is 2.46. The highest BCUT2D eigenvalue weighted by Gasteiger charge is 2.58. The third-order valence-electron chi connectivity index (χ3n) is 5.67. The van der Waals surface area contributed by atoms with Crippen molar-refractivity contribution in [3.8, 4) is 0 Å². The van der Waals surface area contributed by atoms with E-state index < -0.39 is 41.1 Å². The number of hydrogen-bond acceptors (Lipinski definition) is 6. The van der Waals surface area contributed by atoms with Gasteiger partial charge in [-0.3, -0.25) is 9.59 Å². The third-order valence-corrected chi connectivity index (χ3v) is 7.63. The highest BCUT2D eigenvalue weighted by atomic mass is 28.4. The number of ether oxygens (including phenoxy) is 2. The SMILES string of the molecule is C[Si](C)(C)O[C@@H]([C@H](O[Si](C)(C)C)[C@H]1OC(=O)[C@H]2C=C[C@@H]12)[C@H]1OC(=O)[C@H]2C=C[C@@H]12. The molecule has 4 aliphatic rings. The summed E-state index contributed by atoms with van der Waals surface area (Å²) in [6.45, 7) is 12.7. The molecule has 154 valence electrons. The molecule has 8 heteroatoms. The molecule has 28 heavy (non-hydrogen) atoms. The average molecular weight is 423 g/mol. The van der Waals surface area contributed by atoms with Crippen LogP contribution in [0.1, 0.15) is 0 Å². The van der Waals surface area contributed by atoms with Gasteiger partial charge in [0.25, 0.3) is 0 Å². The molecule has 0 amide bonds. The molecule has 0 bridgehead atoms. The van der Waals surface area contributed by atoms with Crippen LogP contribution in [0, 0.1) is 23.7 Å². The Morgan fingerprint density at radius 1 is 0.714 bits per heavy atom. The lowest BCUT2D eigenvalue weighted by Crippen LogP contribution is -2.57. The second kappa shape index (κ2) is 6.65. The van der Waals surface area contributed by atoms with E-state index in [2.05, 4.69) is 39.3 Å². The number of hydrogen-bond donors (Lipinski definition) is 0. The molecule has 2 fully saturated rings. The van der Waals surface area contributed by atoms with E-state index in [-0.39, 0.29) is 35.6 Å². The molecule has 2 heterocycles. The van der Waals surface area contributed by atoms with Gasteiger partial charge in [0.15, 0.2) is 16.6 Å². The van der Waals surface area contributed by atoms with Crippen molar-refractivity contribution in [2.24, 2.45) is 23.7 Å². The van der Waals surface area contributed by atoms with Crippen LogP contribution in [0.25, 0.3) is 0 Å². The molecule has 0 spiro atoms. The normalized spacial score (nSPS) is 38.1. The fourth-order valence-corrected chi connectivity index (χ4v) is 6.58. The van der Waals surface area contributed by atoms with Crippen LogP contribution in [0.4, 0.5) is 0 Å². The van der Waals surface area contributed by atoms with Crippen molar-refractivity contribution in [1.29, 1.82) is 0 Å². The van der Waals surface area contributed by atoms with E-state index in [9.17, 15) is 9.59 Å². The van der Waals surface area contributed by atoms with E-state index in [4.69, 9.17) is 18.3 Å². The Kier molecular flexibility index (Phi) is 4.76. The summed E-state index contributed by atoms with van der Waals surface area (Å²) in [5.74, 6) is -0.755. The van der Waals surface area contributed by atoms with Gasteiger partial charge in [-0.1, -0.05) is 24.3 Å². The van der Waals surface area contributed by atoms with Crippen molar-refractivity contribution in [1.82, 2.24) is 0 Å². The molecular weight excluding hydrogens is 392 g/mol. The Morgan fingerprint density at radius 3 is 1.29 bits per heavy atom. The monoisotopic (exact) mass is 422 g/mol. The predicted molar refractivity (Wildman–Crippen MR) is 108 cm³/mol. The van der Waals surface area contributed by atoms with Gasteiger partial charge < -0.3 is 18.3 Å². The van der Waals surface area contributed by atoms with Gasteiger partial charge in [-0.2, -0.15) is 0 Å². The molecule has 0 aromatic rings. The smallest absolute Gasteiger partial charge is 0.313 e. The van der Waals surface area contributed by atoms with Gasteiger partial charge >= 0.3 is 11.9 Å². The molecule has 2 aliphatic carbocycles. The summed E-state index contributed by atoms with van der Waals surface area (Å²) in [6.07, 6.45) is 6.13. The average Bonchev–Trinajstić information content (AvgIpc) is 2.79. The van der Waals surface area contributed by atoms with E-state index in [1.165, 1.54) is 0 Å².